The molecule has 51 heavy (non-hydrogen) atoms. The van der Waals surface area contributed by atoms with Crippen LogP contribution < -0.4 is 24.2 Å². The quantitative estimate of drug-likeness (QED) is 0.126. The van der Waals surface area contributed by atoms with Crippen LogP contribution in [0.25, 0.3) is 0 Å². The Kier molecular flexibility index (Phi) is 12.3. The third kappa shape index (κ3) is 9.86. The van der Waals surface area contributed by atoms with E-state index in [0.29, 0.717) is 30.0 Å². The summed E-state index contributed by atoms with van der Waals surface area (Å²) in [6.07, 6.45) is 0.508. The SMILES string of the molecule is COc1ccc(CCNC(=O)C(c2ccccc2)N(Cc2ccccc2)C(=O)COc2ccc(S(=O)(=O)Nc3ccc(F)cc3)cc2)cc1OC. The Labute approximate surface area is 296 Å². The molecule has 5 rings (SSSR count). The van der Waals surface area contributed by atoms with E-state index in [-0.39, 0.29) is 28.8 Å². The van der Waals surface area contributed by atoms with Gasteiger partial charge in [-0.3, -0.25) is 14.3 Å². The maximum Gasteiger partial charge on any atom is 0.261 e. The number of halogens is 1. The van der Waals surface area contributed by atoms with Crippen molar-refractivity contribution in [3.05, 3.63) is 150 Å². The molecular formula is C39H38FN3O7S. The van der Waals surface area contributed by atoms with Crippen LogP contribution in [0.4, 0.5) is 10.1 Å². The summed E-state index contributed by atoms with van der Waals surface area (Å²) in [5, 5.41) is 3.00. The lowest BCUT2D eigenvalue weighted by Crippen LogP contribution is -2.45. The molecule has 0 aromatic heterocycles. The lowest BCUT2D eigenvalue weighted by atomic mass is 10.0. The zero-order valence-electron chi connectivity index (χ0n) is 28.1. The van der Waals surface area contributed by atoms with Gasteiger partial charge in [-0.2, -0.15) is 0 Å². The summed E-state index contributed by atoms with van der Waals surface area (Å²) in [5.74, 6) is 0.122. The summed E-state index contributed by atoms with van der Waals surface area (Å²) in [7, 11) is -0.841. The molecule has 0 aliphatic rings. The standard InChI is InChI=1S/C39H38FN3O7S/c1-48-35-22-13-28(25-36(35)49-2)23-24-41-39(45)38(30-11-7-4-8-12-30)43(26-29-9-5-3-6-10-29)37(44)27-50-33-18-20-34(21-19-33)51(46,47)42-32-16-14-31(40)15-17-32/h3-22,25,38,42H,23-24,26-27H2,1-2H3,(H,41,45). The number of ether oxygens (including phenoxy) is 3. The van der Waals surface area contributed by atoms with E-state index in [1.54, 1.807) is 32.4 Å². The van der Waals surface area contributed by atoms with Crippen LogP contribution in [0.3, 0.4) is 0 Å². The zero-order valence-corrected chi connectivity index (χ0v) is 28.9. The maximum absolute atomic E-state index is 14.0. The molecule has 0 spiro atoms. The molecule has 0 heterocycles. The molecule has 0 aliphatic heterocycles. The van der Waals surface area contributed by atoms with Crippen LogP contribution >= 0.6 is 0 Å². The second-order valence-corrected chi connectivity index (χ2v) is 13.1. The number of nitrogens with one attached hydrogen (secondary N) is 2. The van der Waals surface area contributed by atoms with Gasteiger partial charge in [-0.05, 0) is 83.8 Å². The fourth-order valence-electron chi connectivity index (χ4n) is 5.35. The van der Waals surface area contributed by atoms with Gasteiger partial charge in [0.05, 0.1) is 19.1 Å². The fraction of sp³-hybridized carbons (Fsp3) is 0.179. The molecular weight excluding hydrogens is 674 g/mol. The number of hydrogen-bond acceptors (Lipinski definition) is 7. The number of benzene rings is 5. The van der Waals surface area contributed by atoms with Crippen LogP contribution in [0.2, 0.25) is 0 Å². The molecule has 0 bridgehead atoms. The number of carbonyl (C=O) groups excluding carboxylic acids is 2. The molecule has 1 atom stereocenters. The number of carbonyl (C=O) groups is 2. The van der Waals surface area contributed by atoms with Crippen molar-refractivity contribution in [2.45, 2.75) is 23.9 Å². The molecule has 1 unspecified atom stereocenters. The predicted octanol–water partition coefficient (Wildman–Crippen LogP) is 6.15. The van der Waals surface area contributed by atoms with Gasteiger partial charge >= 0.3 is 0 Å². The summed E-state index contributed by atoms with van der Waals surface area (Å²) < 4.78 is 57.9. The topological polar surface area (TPSA) is 123 Å². The van der Waals surface area contributed by atoms with Crippen LogP contribution in [-0.4, -0.2) is 52.5 Å². The van der Waals surface area contributed by atoms with Gasteiger partial charge in [0.2, 0.25) is 5.91 Å². The first-order chi connectivity index (χ1) is 24.7. The highest BCUT2D eigenvalue weighted by Crippen LogP contribution is 2.28. The number of rotatable bonds is 16. The Bertz CT molecular complexity index is 2010. The number of nitrogens with zero attached hydrogens (tertiary/aromatic N) is 1. The summed E-state index contributed by atoms with van der Waals surface area (Å²) in [4.78, 5) is 29.4. The van der Waals surface area contributed by atoms with Crippen molar-refractivity contribution >= 4 is 27.5 Å². The first-order valence-corrected chi connectivity index (χ1v) is 17.5. The predicted molar refractivity (Wildman–Crippen MR) is 192 cm³/mol. The molecule has 5 aromatic rings. The van der Waals surface area contributed by atoms with Gasteiger partial charge in [-0.1, -0.05) is 66.7 Å². The normalized spacial score (nSPS) is 11.6. The van der Waals surface area contributed by atoms with Gasteiger partial charge in [0.15, 0.2) is 18.1 Å². The molecule has 5 aromatic carbocycles. The molecule has 2 amide bonds. The smallest absolute Gasteiger partial charge is 0.261 e. The summed E-state index contributed by atoms with van der Waals surface area (Å²) >= 11 is 0. The molecule has 0 fully saturated rings. The number of anilines is 1. The first kappa shape index (κ1) is 36.4. The van der Waals surface area contributed by atoms with Crippen LogP contribution in [-0.2, 0) is 32.6 Å². The van der Waals surface area contributed by atoms with E-state index < -0.39 is 34.4 Å². The van der Waals surface area contributed by atoms with E-state index in [2.05, 4.69) is 10.0 Å². The highest BCUT2D eigenvalue weighted by atomic mass is 32.2. The van der Waals surface area contributed by atoms with Crippen LogP contribution in [0.1, 0.15) is 22.7 Å². The van der Waals surface area contributed by atoms with E-state index in [1.165, 1.54) is 41.3 Å². The van der Waals surface area contributed by atoms with E-state index in [4.69, 9.17) is 14.2 Å². The van der Waals surface area contributed by atoms with Crippen molar-refractivity contribution < 1.29 is 36.6 Å². The summed E-state index contributed by atoms with van der Waals surface area (Å²) in [6.45, 7) is -0.000261. The van der Waals surface area contributed by atoms with Crippen LogP contribution in [0, 0.1) is 5.82 Å². The third-order valence-electron chi connectivity index (χ3n) is 7.95. The lowest BCUT2D eigenvalue weighted by molar-refractivity contribution is -0.143. The summed E-state index contributed by atoms with van der Waals surface area (Å²) in [5.41, 5.74) is 2.57. The summed E-state index contributed by atoms with van der Waals surface area (Å²) in [6, 6.07) is 33.4. The molecule has 12 heteroatoms. The molecule has 0 radical (unpaired) electrons. The highest BCUT2D eigenvalue weighted by molar-refractivity contribution is 7.92. The zero-order chi connectivity index (χ0) is 36.2. The Morgan fingerprint density at radius 2 is 1.41 bits per heavy atom. The minimum atomic E-state index is -3.97. The minimum absolute atomic E-state index is 0.0508. The number of methoxy groups -OCH3 is 2. The van der Waals surface area contributed by atoms with Gasteiger partial charge < -0.3 is 24.4 Å². The van der Waals surface area contributed by atoms with E-state index >= 15 is 0 Å². The van der Waals surface area contributed by atoms with Gasteiger partial charge in [0, 0.05) is 18.8 Å². The average molecular weight is 712 g/mol. The average Bonchev–Trinajstić information content (AvgIpc) is 3.15. The van der Waals surface area contributed by atoms with E-state index in [0.717, 1.165) is 23.3 Å². The Hall–Kier alpha value is -5.88. The molecule has 264 valence electrons. The third-order valence-corrected chi connectivity index (χ3v) is 9.34. The monoisotopic (exact) mass is 711 g/mol. The molecule has 2 N–H and O–H groups in total. The van der Waals surface area contributed by atoms with Crippen LogP contribution in [0.5, 0.6) is 17.2 Å². The van der Waals surface area contributed by atoms with Crippen molar-refractivity contribution in [2.24, 2.45) is 0 Å². The largest absolute Gasteiger partial charge is 0.493 e. The Balaban J connectivity index is 1.32. The van der Waals surface area contributed by atoms with Crippen molar-refractivity contribution in [3.8, 4) is 17.2 Å². The van der Waals surface area contributed by atoms with Gasteiger partial charge in [-0.15, -0.1) is 0 Å². The Morgan fingerprint density at radius 1 is 0.765 bits per heavy atom. The second kappa shape index (κ2) is 17.2. The van der Waals surface area contributed by atoms with Gasteiger partial charge in [0.1, 0.15) is 17.6 Å². The number of hydrogen-bond donors (Lipinski definition) is 2. The van der Waals surface area contributed by atoms with Crippen LogP contribution in [0.15, 0.2) is 132 Å². The van der Waals surface area contributed by atoms with Crippen molar-refractivity contribution in [2.75, 3.05) is 32.1 Å². The van der Waals surface area contributed by atoms with Gasteiger partial charge in [0.25, 0.3) is 15.9 Å². The fourth-order valence-corrected chi connectivity index (χ4v) is 6.41. The highest BCUT2D eigenvalue weighted by Gasteiger charge is 2.32. The number of amides is 2. The molecule has 0 aliphatic carbocycles. The molecule has 10 nitrogen and oxygen atoms in total. The molecule has 0 saturated carbocycles. The van der Waals surface area contributed by atoms with Gasteiger partial charge in [-0.25, -0.2) is 12.8 Å². The first-order valence-electron chi connectivity index (χ1n) is 16.0. The molecule has 0 saturated heterocycles. The van der Waals surface area contributed by atoms with Crippen molar-refractivity contribution in [1.29, 1.82) is 0 Å². The minimum Gasteiger partial charge on any atom is -0.493 e. The van der Waals surface area contributed by atoms with Crippen molar-refractivity contribution in [3.63, 3.8) is 0 Å². The second-order valence-electron chi connectivity index (χ2n) is 11.4. The van der Waals surface area contributed by atoms with Crippen molar-refractivity contribution in [1.82, 2.24) is 10.2 Å². The maximum atomic E-state index is 14.0. The lowest BCUT2D eigenvalue weighted by Gasteiger charge is -2.31. The Morgan fingerprint density at radius 3 is 2.06 bits per heavy atom. The van der Waals surface area contributed by atoms with E-state index in [9.17, 15) is 22.4 Å². The van der Waals surface area contributed by atoms with E-state index in [1.807, 2.05) is 60.7 Å². The number of sulfonamides is 1.